The molecule has 0 aliphatic heterocycles. The van der Waals surface area contributed by atoms with Crippen LogP contribution in [0.1, 0.15) is 16.2 Å². The standard InChI is InChI=1S/C20H14N2O4/c23-19-14(10-11-15(22-19)13-6-2-1-3-7-13)20(24)25-12-18-21-16-8-4-5-9-17(16)26-18/h1-11H,12H2,(H,22,23). The quantitative estimate of drug-likeness (QED) is 0.571. The number of esters is 1. The fourth-order valence-corrected chi connectivity index (χ4v) is 2.61. The largest absolute Gasteiger partial charge is 0.452 e. The molecule has 2 heterocycles. The lowest BCUT2D eigenvalue weighted by Crippen LogP contribution is -2.19. The first-order valence-corrected chi connectivity index (χ1v) is 8.01. The van der Waals surface area contributed by atoms with E-state index in [1.165, 1.54) is 6.07 Å². The molecular formula is C20H14N2O4. The van der Waals surface area contributed by atoms with Crippen LogP contribution in [-0.4, -0.2) is 15.9 Å². The lowest BCUT2D eigenvalue weighted by Gasteiger charge is -2.04. The van der Waals surface area contributed by atoms with Gasteiger partial charge in [0.1, 0.15) is 11.1 Å². The number of pyridine rings is 1. The van der Waals surface area contributed by atoms with Gasteiger partial charge in [-0.25, -0.2) is 9.78 Å². The Labute approximate surface area is 148 Å². The van der Waals surface area contributed by atoms with Crippen molar-refractivity contribution in [2.75, 3.05) is 0 Å². The second-order valence-corrected chi connectivity index (χ2v) is 5.63. The third-order valence-corrected chi connectivity index (χ3v) is 3.88. The number of oxazole rings is 1. The molecule has 26 heavy (non-hydrogen) atoms. The Morgan fingerprint density at radius 2 is 1.77 bits per heavy atom. The van der Waals surface area contributed by atoms with Gasteiger partial charge in [0.15, 0.2) is 12.2 Å². The number of fused-ring (bicyclic) bond motifs is 1. The Kier molecular flexibility index (Phi) is 4.07. The smallest absolute Gasteiger partial charge is 0.344 e. The first-order chi connectivity index (χ1) is 12.7. The molecular weight excluding hydrogens is 332 g/mol. The fraction of sp³-hybridized carbons (Fsp3) is 0.0500. The summed E-state index contributed by atoms with van der Waals surface area (Å²) in [6.07, 6.45) is 0. The van der Waals surface area contributed by atoms with Gasteiger partial charge in [-0.2, -0.15) is 0 Å². The Morgan fingerprint density at radius 3 is 2.54 bits per heavy atom. The summed E-state index contributed by atoms with van der Waals surface area (Å²) in [5.74, 6) is -0.454. The third kappa shape index (κ3) is 3.12. The first kappa shape index (κ1) is 15.8. The molecule has 2 aromatic heterocycles. The van der Waals surface area contributed by atoms with Crippen LogP contribution in [0.2, 0.25) is 0 Å². The second kappa shape index (κ2) is 6.68. The SMILES string of the molecule is O=C(OCc1nc2ccccc2o1)c1ccc(-c2ccccc2)[nH]c1=O. The van der Waals surface area contributed by atoms with Gasteiger partial charge in [-0.15, -0.1) is 0 Å². The van der Waals surface area contributed by atoms with Gasteiger partial charge in [-0.3, -0.25) is 4.79 Å². The summed E-state index contributed by atoms with van der Waals surface area (Å²) in [6.45, 7) is -0.145. The van der Waals surface area contributed by atoms with Crippen LogP contribution in [0.25, 0.3) is 22.4 Å². The summed E-state index contributed by atoms with van der Waals surface area (Å²) in [5.41, 5.74) is 2.21. The summed E-state index contributed by atoms with van der Waals surface area (Å²) in [7, 11) is 0. The fourth-order valence-electron chi connectivity index (χ4n) is 2.61. The number of benzene rings is 2. The predicted octanol–water partition coefficient (Wildman–Crippen LogP) is 3.54. The molecule has 0 saturated heterocycles. The number of nitrogens with one attached hydrogen (secondary N) is 1. The number of rotatable bonds is 4. The lowest BCUT2D eigenvalue weighted by atomic mass is 10.1. The van der Waals surface area contributed by atoms with Crippen molar-refractivity contribution in [2.45, 2.75) is 6.61 Å². The number of aromatic nitrogens is 2. The monoisotopic (exact) mass is 346 g/mol. The van der Waals surface area contributed by atoms with Crippen molar-refractivity contribution >= 4 is 17.1 Å². The van der Waals surface area contributed by atoms with E-state index in [1.807, 2.05) is 42.5 Å². The number of para-hydroxylation sites is 2. The molecule has 6 heteroatoms. The summed E-state index contributed by atoms with van der Waals surface area (Å²) < 4.78 is 10.6. The molecule has 0 aliphatic carbocycles. The normalized spacial score (nSPS) is 10.8. The Bertz CT molecular complexity index is 1100. The van der Waals surface area contributed by atoms with Gasteiger partial charge in [0.2, 0.25) is 5.89 Å². The van der Waals surface area contributed by atoms with Crippen LogP contribution in [0.15, 0.2) is 75.9 Å². The van der Waals surface area contributed by atoms with Gasteiger partial charge in [0.25, 0.3) is 5.56 Å². The Morgan fingerprint density at radius 1 is 1.00 bits per heavy atom. The van der Waals surface area contributed by atoms with Crippen molar-refractivity contribution in [2.24, 2.45) is 0 Å². The van der Waals surface area contributed by atoms with Crippen molar-refractivity contribution < 1.29 is 13.9 Å². The molecule has 0 saturated carbocycles. The highest BCUT2D eigenvalue weighted by molar-refractivity contribution is 5.89. The summed E-state index contributed by atoms with van der Waals surface area (Å²) in [6, 6.07) is 19.8. The molecule has 0 fully saturated rings. The highest BCUT2D eigenvalue weighted by Crippen LogP contribution is 2.17. The Hall–Kier alpha value is -3.67. The maximum atomic E-state index is 12.2. The molecule has 128 valence electrons. The van der Waals surface area contributed by atoms with Crippen LogP contribution in [0.5, 0.6) is 0 Å². The van der Waals surface area contributed by atoms with Gasteiger partial charge >= 0.3 is 5.97 Å². The van der Waals surface area contributed by atoms with Crippen LogP contribution in [0, 0.1) is 0 Å². The Balaban J connectivity index is 1.50. The van der Waals surface area contributed by atoms with Gasteiger partial charge in [-0.1, -0.05) is 42.5 Å². The van der Waals surface area contributed by atoms with E-state index in [0.717, 1.165) is 5.56 Å². The van der Waals surface area contributed by atoms with E-state index in [0.29, 0.717) is 16.8 Å². The van der Waals surface area contributed by atoms with Gasteiger partial charge in [0.05, 0.1) is 0 Å². The molecule has 0 bridgehead atoms. The topological polar surface area (TPSA) is 85.2 Å². The van der Waals surface area contributed by atoms with Crippen molar-refractivity contribution in [1.29, 1.82) is 0 Å². The van der Waals surface area contributed by atoms with Crippen LogP contribution in [0.3, 0.4) is 0 Å². The molecule has 0 radical (unpaired) electrons. The molecule has 0 spiro atoms. The third-order valence-electron chi connectivity index (χ3n) is 3.88. The maximum absolute atomic E-state index is 12.2. The lowest BCUT2D eigenvalue weighted by molar-refractivity contribution is 0.0438. The second-order valence-electron chi connectivity index (χ2n) is 5.63. The van der Waals surface area contributed by atoms with Crippen LogP contribution in [0.4, 0.5) is 0 Å². The minimum atomic E-state index is -0.729. The summed E-state index contributed by atoms with van der Waals surface area (Å²) >= 11 is 0. The average Bonchev–Trinajstić information content (AvgIpc) is 3.10. The van der Waals surface area contributed by atoms with E-state index < -0.39 is 11.5 Å². The number of carbonyl (C=O) groups excluding carboxylic acids is 1. The van der Waals surface area contributed by atoms with Gasteiger partial charge < -0.3 is 14.1 Å². The average molecular weight is 346 g/mol. The zero-order chi connectivity index (χ0) is 17.9. The highest BCUT2D eigenvalue weighted by atomic mass is 16.5. The highest BCUT2D eigenvalue weighted by Gasteiger charge is 2.15. The molecule has 6 nitrogen and oxygen atoms in total. The van der Waals surface area contributed by atoms with Crippen molar-refractivity contribution in [3.8, 4) is 11.3 Å². The molecule has 2 aromatic carbocycles. The molecule has 4 aromatic rings. The number of carbonyl (C=O) groups is 1. The van der Waals surface area contributed by atoms with E-state index in [9.17, 15) is 9.59 Å². The van der Waals surface area contributed by atoms with Crippen LogP contribution >= 0.6 is 0 Å². The van der Waals surface area contributed by atoms with E-state index in [1.54, 1.807) is 18.2 Å². The molecule has 1 N–H and O–H groups in total. The van der Waals surface area contributed by atoms with Crippen molar-refractivity contribution in [3.63, 3.8) is 0 Å². The van der Waals surface area contributed by atoms with Gasteiger partial charge in [-0.05, 0) is 29.8 Å². The van der Waals surface area contributed by atoms with Crippen LogP contribution < -0.4 is 5.56 Å². The predicted molar refractivity (Wildman–Crippen MR) is 95.6 cm³/mol. The minimum Gasteiger partial charge on any atom is -0.452 e. The summed E-state index contributed by atoms with van der Waals surface area (Å²) in [5, 5.41) is 0. The minimum absolute atomic E-state index is 0.0687. The van der Waals surface area contributed by atoms with E-state index in [4.69, 9.17) is 9.15 Å². The molecule has 0 amide bonds. The van der Waals surface area contributed by atoms with E-state index >= 15 is 0 Å². The number of aromatic amines is 1. The van der Waals surface area contributed by atoms with Crippen molar-refractivity contribution in [3.05, 3.63) is 88.5 Å². The van der Waals surface area contributed by atoms with Crippen molar-refractivity contribution in [1.82, 2.24) is 9.97 Å². The van der Waals surface area contributed by atoms with Crippen LogP contribution in [-0.2, 0) is 11.3 Å². The summed E-state index contributed by atoms with van der Waals surface area (Å²) in [4.78, 5) is 31.3. The number of hydrogen-bond acceptors (Lipinski definition) is 5. The number of H-pyrrole nitrogens is 1. The number of nitrogens with zero attached hydrogens (tertiary/aromatic N) is 1. The molecule has 0 unspecified atom stereocenters. The zero-order valence-electron chi connectivity index (χ0n) is 13.6. The molecule has 0 aliphatic rings. The number of hydrogen-bond donors (Lipinski definition) is 1. The van der Waals surface area contributed by atoms with E-state index in [2.05, 4.69) is 9.97 Å². The molecule has 0 atom stereocenters. The molecule has 4 rings (SSSR count). The number of ether oxygens (including phenoxy) is 1. The first-order valence-electron chi connectivity index (χ1n) is 8.01. The van der Waals surface area contributed by atoms with E-state index in [-0.39, 0.29) is 18.1 Å². The zero-order valence-corrected chi connectivity index (χ0v) is 13.6. The van der Waals surface area contributed by atoms with Gasteiger partial charge in [0, 0.05) is 5.69 Å². The maximum Gasteiger partial charge on any atom is 0.344 e.